The summed E-state index contributed by atoms with van der Waals surface area (Å²) in [4.78, 5) is 25.4. The van der Waals surface area contributed by atoms with Gasteiger partial charge in [-0.1, -0.05) is 6.92 Å². The molecule has 0 saturated carbocycles. The van der Waals surface area contributed by atoms with Crippen LogP contribution in [-0.2, 0) is 9.59 Å². The van der Waals surface area contributed by atoms with Gasteiger partial charge in [-0.25, -0.2) is 0 Å². The quantitative estimate of drug-likeness (QED) is 0.718. The lowest BCUT2D eigenvalue weighted by atomic mass is 10.0. The number of carbonyl (C=O) groups excluding carboxylic acids is 2. The van der Waals surface area contributed by atoms with Crippen LogP contribution < -0.4 is 16.0 Å². The second kappa shape index (κ2) is 7.66. The molecule has 3 N–H and O–H groups in total. The Labute approximate surface area is 143 Å². The number of imide groups is 1. The number of nitrogens with one attached hydrogen (secondary N) is 3. The summed E-state index contributed by atoms with van der Waals surface area (Å²) in [6, 6.07) is 8.24. The molecule has 6 nitrogen and oxygen atoms in total. The monoisotopic (exact) mass is 330 g/mol. The van der Waals surface area contributed by atoms with Crippen molar-refractivity contribution < 1.29 is 9.59 Å². The topological polar surface area (TPSA) is 73.5 Å². The summed E-state index contributed by atoms with van der Waals surface area (Å²) in [6.07, 6.45) is 3.27. The van der Waals surface area contributed by atoms with E-state index >= 15 is 0 Å². The van der Waals surface area contributed by atoms with Crippen molar-refractivity contribution in [3.8, 4) is 0 Å². The first-order valence-corrected chi connectivity index (χ1v) is 8.83. The summed E-state index contributed by atoms with van der Waals surface area (Å²) in [5.74, 6) is -0.428. The Bertz CT molecular complexity index is 579. The van der Waals surface area contributed by atoms with Crippen LogP contribution >= 0.6 is 0 Å². The minimum atomic E-state index is -0.333. The molecule has 24 heavy (non-hydrogen) atoms. The van der Waals surface area contributed by atoms with Crippen LogP contribution in [0, 0.1) is 0 Å². The van der Waals surface area contributed by atoms with Gasteiger partial charge in [-0.05, 0) is 50.1 Å². The van der Waals surface area contributed by atoms with Crippen molar-refractivity contribution in [1.82, 2.24) is 10.2 Å². The number of piperidine rings is 2. The lowest BCUT2D eigenvalue weighted by Crippen LogP contribution is -2.47. The second-order valence-corrected chi connectivity index (χ2v) is 6.58. The summed E-state index contributed by atoms with van der Waals surface area (Å²) in [5.41, 5.74) is 2.01. The van der Waals surface area contributed by atoms with Crippen LogP contribution in [0.2, 0.25) is 0 Å². The predicted octanol–water partition coefficient (Wildman–Crippen LogP) is 1.80. The fourth-order valence-corrected chi connectivity index (χ4v) is 3.32. The Morgan fingerprint density at radius 1 is 1.04 bits per heavy atom. The molecule has 1 atom stereocenters. The van der Waals surface area contributed by atoms with E-state index in [1.807, 2.05) is 24.3 Å². The van der Waals surface area contributed by atoms with E-state index < -0.39 is 0 Å². The summed E-state index contributed by atoms with van der Waals surface area (Å²) in [5, 5.41) is 9.16. The van der Waals surface area contributed by atoms with Crippen molar-refractivity contribution in [2.24, 2.45) is 0 Å². The molecular formula is C18H26N4O2. The van der Waals surface area contributed by atoms with Crippen molar-refractivity contribution in [3.63, 3.8) is 0 Å². The molecular weight excluding hydrogens is 304 g/mol. The highest BCUT2D eigenvalue weighted by molar-refractivity contribution is 6.01. The third-order valence-electron chi connectivity index (χ3n) is 4.87. The third kappa shape index (κ3) is 4.26. The van der Waals surface area contributed by atoms with Crippen molar-refractivity contribution >= 4 is 23.2 Å². The molecule has 1 unspecified atom stereocenters. The van der Waals surface area contributed by atoms with E-state index in [1.165, 1.54) is 12.8 Å². The second-order valence-electron chi connectivity index (χ2n) is 6.58. The first kappa shape index (κ1) is 16.8. The number of rotatable bonds is 5. The molecule has 2 amide bonds. The summed E-state index contributed by atoms with van der Waals surface area (Å²) in [7, 11) is 0. The third-order valence-corrected chi connectivity index (χ3v) is 4.87. The molecule has 2 aliphatic heterocycles. The Balaban J connectivity index is 1.50. The summed E-state index contributed by atoms with van der Waals surface area (Å²) < 4.78 is 0. The normalized spacial score (nSPS) is 23.0. The van der Waals surface area contributed by atoms with Gasteiger partial charge in [0.05, 0.1) is 0 Å². The van der Waals surface area contributed by atoms with E-state index in [4.69, 9.17) is 0 Å². The smallest absolute Gasteiger partial charge is 0.249 e. The van der Waals surface area contributed by atoms with E-state index in [0.29, 0.717) is 18.9 Å². The number of carbonyl (C=O) groups is 2. The fraction of sp³-hybridized carbons (Fsp3) is 0.556. The van der Waals surface area contributed by atoms with Gasteiger partial charge < -0.3 is 15.5 Å². The molecule has 2 saturated heterocycles. The molecule has 6 heteroatoms. The molecule has 2 fully saturated rings. The van der Waals surface area contributed by atoms with Crippen LogP contribution in [0.15, 0.2) is 24.3 Å². The molecule has 2 heterocycles. The van der Waals surface area contributed by atoms with E-state index in [-0.39, 0.29) is 17.9 Å². The largest absolute Gasteiger partial charge is 0.382 e. The maximum atomic E-state index is 11.8. The van der Waals surface area contributed by atoms with Crippen LogP contribution in [0.1, 0.15) is 32.6 Å². The van der Waals surface area contributed by atoms with Gasteiger partial charge in [-0.2, -0.15) is 0 Å². The highest BCUT2D eigenvalue weighted by Gasteiger charge is 2.26. The minimum absolute atomic E-state index is 0.188. The standard InChI is InChI=1S/C18H26N4O2/c1-2-22-11-9-15(10-12-22)19-13-3-5-14(6-4-13)20-16-7-8-17(23)21-18(16)24/h3-6,15-16,19-20H,2,7-12H2,1H3,(H,21,23,24). The molecule has 0 aromatic heterocycles. The van der Waals surface area contributed by atoms with E-state index in [0.717, 1.165) is 31.0 Å². The number of nitrogens with zero attached hydrogens (tertiary/aromatic N) is 1. The molecule has 130 valence electrons. The number of benzene rings is 1. The lowest BCUT2D eigenvalue weighted by Gasteiger charge is -2.32. The fourth-order valence-electron chi connectivity index (χ4n) is 3.32. The van der Waals surface area contributed by atoms with Gasteiger partial charge in [-0.3, -0.25) is 14.9 Å². The molecule has 0 radical (unpaired) electrons. The first-order chi connectivity index (χ1) is 11.6. The van der Waals surface area contributed by atoms with Gasteiger partial charge in [0.25, 0.3) is 0 Å². The minimum Gasteiger partial charge on any atom is -0.382 e. The number of hydrogen-bond acceptors (Lipinski definition) is 5. The van der Waals surface area contributed by atoms with Crippen LogP contribution in [0.3, 0.4) is 0 Å². The van der Waals surface area contributed by atoms with Crippen molar-refractivity contribution in [2.75, 3.05) is 30.3 Å². The van der Waals surface area contributed by atoms with E-state index in [1.54, 1.807) is 0 Å². The zero-order valence-electron chi connectivity index (χ0n) is 14.2. The Hall–Kier alpha value is -2.08. The summed E-state index contributed by atoms with van der Waals surface area (Å²) >= 11 is 0. The van der Waals surface area contributed by atoms with Crippen molar-refractivity contribution in [1.29, 1.82) is 0 Å². The molecule has 1 aromatic carbocycles. The molecule has 1 aromatic rings. The molecule has 0 aliphatic carbocycles. The average molecular weight is 330 g/mol. The highest BCUT2D eigenvalue weighted by atomic mass is 16.2. The van der Waals surface area contributed by atoms with Crippen LogP contribution in [0.4, 0.5) is 11.4 Å². The molecule has 3 rings (SSSR count). The first-order valence-electron chi connectivity index (χ1n) is 8.83. The Morgan fingerprint density at radius 3 is 2.25 bits per heavy atom. The highest BCUT2D eigenvalue weighted by Crippen LogP contribution is 2.20. The van der Waals surface area contributed by atoms with Gasteiger partial charge in [0.15, 0.2) is 0 Å². The van der Waals surface area contributed by atoms with Gasteiger partial charge in [0.1, 0.15) is 6.04 Å². The zero-order valence-corrected chi connectivity index (χ0v) is 14.2. The zero-order chi connectivity index (χ0) is 16.9. The SMILES string of the molecule is CCN1CCC(Nc2ccc(NC3CCC(=O)NC3=O)cc2)CC1. The van der Waals surface area contributed by atoms with Gasteiger partial charge >= 0.3 is 0 Å². The van der Waals surface area contributed by atoms with Crippen LogP contribution in [-0.4, -0.2) is 48.4 Å². The number of amides is 2. The molecule has 0 bridgehead atoms. The summed E-state index contributed by atoms with van der Waals surface area (Å²) in [6.45, 7) is 5.65. The van der Waals surface area contributed by atoms with Gasteiger partial charge in [0, 0.05) is 36.9 Å². The molecule has 0 spiro atoms. The van der Waals surface area contributed by atoms with Crippen molar-refractivity contribution in [2.45, 2.75) is 44.7 Å². The van der Waals surface area contributed by atoms with E-state index in [9.17, 15) is 9.59 Å². The maximum Gasteiger partial charge on any atom is 0.249 e. The predicted molar refractivity (Wildman–Crippen MR) is 95.0 cm³/mol. The Kier molecular flexibility index (Phi) is 5.35. The number of hydrogen-bond donors (Lipinski definition) is 3. The van der Waals surface area contributed by atoms with Gasteiger partial charge in [-0.15, -0.1) is 0 Å². The Morgan fingerprint density at radius 2 is 1.67 bits per heavy atom. The van der Waals surface area contributed by atoms with Crippen LogP contribution in [0.25, 0.3) is 0 Å². The lowest BCUT2D eigenvalue weighted by molar-refractivity contribution is -0.133. The maximum absolute atomic E-state index is 11.8. The number of likely N-dealkylation sites (tertiary alicyclic amines) is 1. The average Bonchev–Trinajstić information content (AvgIpc) is 2.60. The number of anilines is 2. The van der Waals surface area contributed by atoms with Crippen molar-refractivity contribution in [3.05, 3.63) is 24.3 Å². The van der Waals surface area contributed by atoms with Crippen LogP contribution in [0.5, 0.6) is 0 Å². The molecule has 2 aliphatic rings. The van der Waals surface area contributed by atoms with E-state index in [2.05, 4.69) is 27.8 Å². The van der Waals surface area contributed by atoms with Gasteiger partial charge in [0.2, 0.25) is 11.8 Å².